The van der Waals surface area contributed by atoms with E-state index in [0.717, 1.165) is 56.5 Å². The standard InChI is InChI=1S/C18H26ClN3O/c1-4-7-11-21(12-8-5-2)18(23)17-15(6-3)20-16-10-9-14(19)13-22(16)17/h9-10,13H,4-8,11-12H2,1-3H3. The van der Waals surface area contributed by atoms with E-state index in [0.29, 0.717) is 10.7 Å². The van der Waals surface area contributed by atoms with Crippen LogP contribution in [0.4, 0.5) is 0 Å². The van der Waals surface area contributed by atoms with E-state index in [1.54, 1.807) is 6.20 Å². The molecule has 126 valence electrons. The number of hydrogen-bond acceptors (Lipinski definition) is 2. The zero-order valence-electron chi connectivity index (χ0n) is 14.3. The number of carbonyl (C=O) groups is 1. The lowest BCUT2D eigenvalue weighted by molar-refractivity contribution is 0.0743. The van der Waals surface area contributed by atoms with Crippen LogP contribution in [0.3, 0.4) is 0 Å². The number of rotatable bonds is 8. The van der Waals surface area contributed by atoms with E-state index in [-0.39, 0.29) is 5.91 Å². The first kappa shape index (κ1) is 17.8. The molecular formula is C18H26ClN3O. The molecule has 23 heavy (non-hydrogen) atoms. The van der Waals surface area contributed by atoms with Crippen LogP contribution in [-0.2, 0) is 6.42 Å². The second kappa shape index (κ2) is 8.34. The Hall–Kier alpha value is -1.55. The maximum atomic E-state index is 13.1. The van der Waals surface area contributed by atoms with Crippen molar-refractivity contribution in [2.45, 2.75) is 52.9 Å². The van der Waals surface area contributed by atoms with E-state index in [9.17, 15) is 4.79 Å². The van der Waals surface area contributed by atoms with Crippen LogP contribution < -0.4 is 0 Å². The molecule has 5 heteroatoms. The highest BCUT2D eigenvalue weighted by atomic mass is 35.5. The number of nitrogens with zero attached hydrogens (tertiary/aromatic N) is 3. The first-order valence-electron chi connectivity index (χ1n) is 8.58. The lowest BCUT2D eigenvalue weighted by Gasteiger charge is -2.22. The highest BCUT2D eigenvalue weighted by molar-refractivity contribution is 6.30. The number of amides is 1. The van der Waals surface area contributed by atoms with Crippen LogP contribution in [-0.4, -0.2) is 33.3 Å². The average Bonchev–Trinajstić information content (AvgIpc) is 2.92. The van der Waals surface area contributed by atoms with E-state index in [2.05, 4.69) is 18.8 Å². The Morgan fingerprint density at radius 1 is 1.17 bits per heavy atom. The molecule has 2 aromatic heterocycles. The predicted octanol–water partition coefficient (Wildman–Crippen LogP) is 4.59. The third-order valence-electron chi connectivity index (χ3n) is 4.04. The Morgan fingerprint density at radius 2 is 1.83 bits per heavy atom. The fourth-order valence-electron chi connectivity index (χ4n) is 2.70. The van der Waals surface area contributed by atoms with Gasteiger partial charge in [-0.1, -0.05) is 45.2 Å². The molecule has 1 amide bonds. The van der Waals surface area contributed by atoms with Gasteiger partial charge in [0, 0.05) is 19.3 Å². The van der Waals surface area contributed by atoms with E-state index < -0.39 is 0 Å². The van der Waals surface area contributed by atoms with Crippen LogP contribution >= 0.6 is 11.6 Å². The molecule has 0 bridgehead atoms. The number of carbonyl (C=O) groups excluding carboxylic acids is 1. The Balaban J connectivity index is 2.41. The maximum Gasteiger partial charge on any atom is 0.272 e. The second-order valence-electron chi connectivity index (χ2n) is 5.84. The summed E-state index contributed by atoms with van der Waals surface area (Å²) in [5.74, 6) is 0.0681. The molecule has 0 saturated heterocycles. The zero-order valence-corrected chi connectivity index (χ0v) is 15.1. The average molecular weight is 336 g/mol. The summed E-state index contributed by atoms with van der Waals surface area (Å²) >= 11 is 6.12. The van der Waals surface area contributed by atoms with E-state index in [4.69, 9.17) is 11.6 Å². The van der Waals surface area contributed by atoms with E-state index in [1.165, 1.54) is 0 Å². The van der Waals surface area contributed by atoms with Gasteiger partial charge in [-0.3, -0.25) is 9.20 Å². The molecule has 2 rings (SSSR count). The Kier molecular flexibility index (Phi) is 6.46. The number of imidazole rings is 1. The quantitative estimate of drug-likeness (QED) is 0.707. The van der Waals surface area contributed by atoms with Gasteiger partial charge >= 0.3 is 0 Å². The van der Waals surface area contributed by atoms with Crippen LogP contribution in [0, 0.1) is 0 Å². The molecule has 2 aromatic rings. The van der Waals surface area contributed by atoms with E-state index in [1.807, 2.05) is 28.4 Å². The van der Waals surface area contributed by atoms with Crippen molar-refractivity contribution in [1.29, 1.82) is 0 Å². The van der Waals surface area contributed by atoms with Gasteiger partial charge in [-0.2, -0.15) is 0 Å². The summed E-state index contributed by atoms with van der Waals surface area (Å²) in [6, 6.07) is 3.67. The summed E-state index contributed by atoms with van der Waals surface area (Å²) in [6.45, 7) is 7.92. The Morgan fingerprint density at radius 3 is 2.39 bits per heavy atom. The van der Waals surface area contributed by atoms with Crippen molar-refractivity contribution in [2.24, 2.45) is 0 Å². The number of aryl methyl sites for hydroxylation is 1. The number of pyridine rings is 1. The molecular weight excluding hydrogens is 310 g/mol. The lowest BCUT2D eigenvalue weighted by Crippen LogP contribution is -2.34. The van der Waals surface area contributed by atoms with E-state index >= 15 is 0 Å². The largest absolute Gasteiger partial charge is 0.337 e. The molecule has 0 radical (unpaired) electrons. The number of halogens is 1. The predicted molar refractivity (Wildman–Crippen MR) is 95.3 cm³/mol. The lowest BCUT2D eigenvalue weighted by atomic mass is 10.2. The van der Waals surface area contributed by atoms with Gasteiger partial charge in [0.05, 0.1) is 10.7 Å². The number of fused-ring (bicyclic) bond motifs is 1. The molecule has 0 saturated carbocycles. The SMILES string of the molecule is CCCCN(CCCC)C(=O)c1c(CC)nc2ccc(Cl)cn12. The maximum absolute atomic E-state index is 13.1. The molecule has 2 heterocycles. The smallest absolute Gasteiger partial charge is 0.272 e. The van der Waals surface area contributed by atoms with Gasteiger partial charge in [-0.05, 0) is 31.4 Å². The topological polar surface area (TPSA) is 37.6 Å². The molecule has 0 N–H and O–H groups in total. The fraction of sp³-hybridized carbons (Fsp3) is 0.556. The van der Waals surface area contributed by atoms with Crippen molar-refractivity contribution in [1.82, 2.24) is 14.3 Å². The molecule has 0 aliphatic rings. The second-order valence-corrected chi connectivity index (χ2v) is 6.27. The highest BCUT2D eigenvalue weighted by Crippen LogP contribution is 2.19. The highest BCUT2D eigenvalue weighted by Gasteiger charge is 2.23. The van der Waals surface area contributed by atoms with Gasteiger partial charge in [-0.25, -0.2) is 4.98 Å². The number of aromatic nitrogens is 2. The monoisotopic (exact) mass is 335 g/mol. The summed E-state index contributed by atoms with van der Waals surface area (Å²) in [5, 5.41) is 0.611. The molecule has 4 nitrogen and oxygen atoms in total. The summed E-state index contributed by atoms with van der Waals surface area (Å²) in [5.41, 5.74) is 2.29. The molecule has 0 unspecified atom stereocenters. The van der Waals surface area contributed by atoms with Gasteiger partial charge in [0.15, 0.2) is 0 Å². The number of hydrogen-bond donors (Lipinski definition) is 0. The summed E-state index contributed by atoms with van der Waals surface area (Å²) in [6.07, 6.45) is 6.72. The fourth-order valence-corrected chi connectivity index (χ4v) is 2.86. The van der Waals surface area contributed by atoms with Gasteiger partial charge in [0.1, 0.15) is 11.3 Å². The van der Waals surface area contributed by atoms with Crippen LogP contribution in [0.15, 0.2) is 18.3 Å². The molecule has 0 aliphatic heterocycles. The van der Waals surface area contributed by atoms with Crippen LogP contribution in [0.1, 0.15) is 62.6 Å². The van der Waals surface area contributed by atoms with Crippen LogP contribution in [0.2, 0.25) is 5.02 Å². The normalized spacial score (nSPS) is 11.1. The molecule has 0 aliphatic carbocycles. The molecule has 0 spiro atoms. The van der Waals surface area contributed by atoms with Crippen molar-refractivity contribution in [3.05, 3.63) is 34.7 Å². The van der Waals surface area contributed by atoms with Gasteiger partial charge in [0.25, 0.3) is 5.91 Å². The molecule has 0 aromatic carbocycles. The third kappa shape index (κ3) is 4.05. The minimum atomic E-state index is 0.0681. The van der Waals surface area contributed by atoms with Crippen molar-refractivity contribution in [3.8, 4) is 0 Å². The van der Waals surface area contributed by atoms with Gasteiger partial charge in [-0.15, -0.1) is 0 Å². The summed E-state index contributed by atoms with van der Waals surface area (Å²) < 4.78 is 1.84. The Labute approximate surface area is 143 Å². The summed E-state index contributed by atoms with van der Waals surface area (Å²) in [4.78, 5) is 19.7. The molecule has 0 fully saturated rings. The zero-order chi connectivity index (χ0) is 16.8. The van der Waals surface area contributed by atoms with Gasteiger partial charge in [0.2, 0.25) is 0 Å². The van der Waals surface area contributed by atoms with Crippen molar-refractivity contribution < 1.29 is 4.79 Å². The third-order valence-corrected chi connectivity index (χ3v) is 4.27. The molecule has 0 atom stereocenters. The van der Waals surface area contributed by atoms with Crippen molar-refractivity contribution in [2.75, 3.05) is 13.1 Å². The van der Waals surface area contributed by atoms with Gasteiger partial charge < -0.3 is 4.90 Å². The van der Waals surface area contributed by atoms with Crippen molar-refractivity contribution >= 4 is 23.2 Å². The Bertz CT molecular complexity index is 658. The van der Waals surface area contributed by atoms with Crippen LogP contribution in [0.25, 0.3) is 5.65 Å². The number of unbranched alkanes of at least 4 members (excludes halogenated alkanes) is 2. The first-order valence-corrected chi connectivity index (χ1v) is 8.95. The summed E-state index contributed by atoms with van der Waals surface area (Å²) in [7, 11) is 0. The minimum absolute atomic E-state index is 0.0681. The minimum Gasteiger partial charge on any atom is -0.337 e. The van der Waals surface area contributed by atoms with Crippen molar-refractivity contribution in [3.63, 3.8) is 0 Å². The van der Waals surface area contributed by atoms with Crippen LogP contribution in [0.5, 0.6) is 0 Å². The first-order chi connectivity index (χ1) is 11.1.